The van der Waals surface area contributed by atoms with Crippen LogP contribution in [0.25, 0.3) is 0 Å². The Morgan fingerprint density at radius 3 is 1.56 bits per heavy atom. The first-order chi connectivity index (χ1) is 3.39. The van der Waals surface area contributed by atoms with Gasteiger partial charge in [-0.15, -0.1) is 0 Å². The van der Waals surface area contributed by atoms with Gasteiger partial charge in [-0.2, -0.15) is 0 Å². The van der Waals surface area contributed by atoms with E-state index in [4.69, 9.17) is 0 Å². The van der Waals surface area contributed by atoms with Crippen LogP contribution in [0.1, 0.15) is 0 Å². The molecule has 0 saturated heterocycles. The molecule has 1 rings (SSSR count). The summed E-state index contributed by atoms with van der Waals surface area (Å²) in [4.78, 5) is 0. The van der Waals surface area contributed by atoms with Crippen LogP contribution in [0.15, 0.2) is 30.3 Å². The van der Waals surface area contributed by atoms with Gasteiger partial charge in [0.15, 0.2) is 0 Å². The van der Waals surface area contributed by atoms with Crippen LogP contribution in [-0.2, 0) is 0 Å². The molecule has 2 radical (unpaired) electrons. The molecule has 0 bridgehead atoms. The molecule has 3 heteroatoms. The third-order valence-corrected chi connectivity index (χ3v) is 1.92. The van der Waals surface area contributed by atoms with Gasteiger partial charge in [0.25, 0.3) is 0 Å². The molecule has 0 aromatic heterocycles. The standard InChI is InChI=1S/C6H5.Bi.2BrH/c1-2-4-6-5-3-1;;;/h1-5H;;2*1H/q;+2;;/p-2. The Kier molecular flexibility index (Phi) is 10.1. The van der Waals surface area contributed by atoms with Gasteiger partial charge in [0.2, 0.25) is 0 Å². The van der Waals surface area contributed by atoms with Crippen LogP contribution in [0, 0.1) is 0 Å². The zero-order chi connectivity index (χ0) is 5.11. The maximum Gasteiger partial charge on any atom is -1.00 e. The van der Waals surface area contributed by atoms with Gasteiger partial charge < -0.3 is 34.0 Å². The second kappa shape index (κ2) is 7.17. The summed E-state index contributed by atoms with van der Waals surface area (Å²) in [6.07, 6.45) is 0. The van der Waals surface area contributed by atoms with Crippen LogP contribution in [0.4, 0.5) is 0 Å². The number of hydrogen-bond donors (Lipinski definition) is 0. The third kappa shape index (κ3) is 5.50. The van der Waals surface area contributed by atoms with Crippen LogP contribution in [0.5, 0.6) is 0 Å². The van der Waals surface area contributed by atoms with E-state index in [9.17, 15) is 0 Å². The van der Waals surface area contributed by atoms with E-state index >= 15 is 0 Å². The van der Waals surface area contributed by atoms with Gasteiger partial charge in [0, 0.05) is 0 Å². The third-order valence-electron chi connectivity index (χ3n) is 0.756. The molecule has 0 amide bonds. The predicted molar refractivity (Wildman–Crippen MR) is 31.8 cm³/mol. The summed E-state index contributed by atoms with van der Waals surface area (Å²) in [5.74, 6) is 0. The fraction of sp³-hybridized carbons (Fsp3) is 0. The quantitative estimate of drug-likeness (QED) is 0.350. The summed E-state index contributed by atoms with van der Waals surface area (Å²) in [6, 6.07) is 10.4. The number of halogens is 2. The average molecular weight is 446 g/mol. The Labute approximate surface area is 91.4 Å². The Morgan fingerprint density at radius 1 is 0.889 bits per heavy atom. The maximum absolute atomic E-state index is 2.13. The van der Waals surface area contributed by atoms with Crippen molar-refractivity contribution in [2.45, 2.75) is 0 Å². The molecule has 0 saturated carbocycles. The number of hydrogen-bond acceptors (Lipinski definition) is 0. The minimum Gasteiger partial charge on any atom is -1.00 e. The van der Waals surface area contributed by atoms with E-state index < -0.39 is 0 Å². The van der Waals surface area contributed by atoms with Crippen molar-refractivity contribution < 1.29 is 34.0 Å². The van der Waals surface area contributed by atoms with Gasteiger partial charge >= 0.3 is 58.3 Å². The molecule has 0 aliphatic heterocycles. The molecule has 0 aliphatic carbocycles. The zero-order valence-corrected chi connectivity index (χ0v) is 11.2. The summed E-state index contributed by atoms with van der Waals surface area (Å²) < 4.78 is 1.43. The predicted octanol–water partition coefficient (Wildman–Crippen LogP) is -5.51. The number of rotatable bonds is 0. The normalized spacial score (nSPS) is 6.67. The van der Waals surface area contributed by atoms with E-state index in [0.717, 1.165) is 0 Å². The van der Waals surface area contributed by atoms with Crippen molar-refractivity contribution in [1.29, 1.82) is 0 Å². The summed E-state index contributed by atoms with van der Waals surface area (Å²) >= 11 is 1.36. The Morgan fingerprint density at radius 2 is 1.33 bits per heavy atom. The first kappa shape index (κ1) is 12.7. The van der Waals surface area contributed by atoms with Crippen molar-refractivity contribution in [3.8, 4) is 0 Å². The van der Waals surface area contributed by atoms with E-state index in [1.165, 1.54) is 28.0 Å². The molecule has 0 aliphatic rings. The Bertz CT molecular complexity index is 141. The maximum atomic E-state index is 2.13. The van der Waals surface area contributed by atoms with Crippen LogP contribution in [-0.4, -0.2) is 24.7 Å². The average Bonchev–Trinajstić information content (AvgIpc) is 1.69. The minimum absolute atomic E-state index is 0. The summed E-state index contributed by atoms with van der Waals surface area (Å²) in [5.41, 5.74) is 0. The van der Waals surface area contributed by atoms with Crippen molar-refractivity contribution in [2.75, 3.05) is 0 Å². The fourth-order valence-electron chi connectivity index (χ4n) is 0.428. The minimum atomic E-state index is 0. The van der Waals surface area contributed by atoms with E-state index in [-0.39, 0.29) is 34.0 Å². The molecule has 1 aromatic rings. The SMILES string of the molecule is [Bi+2][c]1ccccc1.[Br-].[Br-]. The van der Waals surface area contributed by atoms with Gasteiger partial charge in [-0.05, 0) is 0 Å². The van der Waals surface area contributed by atoms with Gasteiger partial charge in [0.05, 0.1) is 0 Å². The van der Waals surface area contributed by atoms with E-state index in [1.807, 2.05) is 6.07 Å². The second-order valence-corrected chi connectivity index (χ2v) is 3.34. The van der Waals surface area contributed by atoms with Gasteiger partial charge in [-0.25, -0.2) is 0 Å². The van der Waals surface area contributed by atoms with Gasteiger partial charge in [-0.3, -0.25) is 0 Å². The van der Waals surface area contributed by atoms with Crippen LogP contribution in [0.3, 0.4) is 0 Å². The molecule has 0 atom stereocenters. The van der Waals surface area contributed by atoms with Crippen molar-refractivity contribution >= 4 is 28.0 Å². The summed E-state index contributed by atoms with van der Waals surface area (Å²) in [6.45, 7) is 0. The molecule has 0 fully saturated rings. The molecule has 0 spiro atoms. The van der Waals surface area contributed by atoms with Crippen LogP contribution in [0.2, 0.25) is 0 Å². The first-order valence-corrected chi connectivity index (χ1v) is 3.87. The second-order valence-electron chi connectivity index (χ2n) is 1.34. The smallest absolute Gasteiger partial charge is 1.00 e. The molecule has 0 unspecified atom stereocenters. The monoisotopic (exact) mass is 444 g/mol. The molecular formula is C6H5BiBr2. The zero-order valence-electron chi connectivity index (χ0n) is 4.59. The Balaban J connectivity index is 0. The van der Waals surface area contributed by atoms with E-state index in [0.29, 0.717) is 0 Å². The Hall–Kier alpha value is 1.06. The largest absolute Gasteiger partial charge is 1.00 e. The first-order valence-electron chi connectivity index (χ1n) is 2.13. The topological polar surface area (TPSA) is 0 Å². The van der Waals surface area contributed by atoms with E-state index in [2.05, 4.69) is 24.3 Å². The molecule has 1 aromatic carbocycles. The fourth-order valence-corrected chi connectivity index (χ4v) is 1.10. The van der Waals surface area contributed by atoms with Crippen LogP contribution < -0.4 is 37.2 Å². The molecule has 0 nitrogen and oxygen atoms in total. The molecular weight excluding hydrogens is 441 g/mol. The summed E-state index contributed by atoms with van der Waals surface area (Å²) in [5, 5.41) is 0. The van der Waals surface area contributed by atoms with Crippen molar-refractivity contribution in [3.63, 3.8) is 0 Å². The summed E-state index contributed by atoms with van der Waals surface area (Å²) in [7, 11) is 0. The van der Waals surface area contributed by atoms with Crippen molar-refractivity contribution in [2.24, 2.45) is 0 Å². The molecule has 9 heavy (non-hydrogen) atoms. The molecule has 48 valence electrons. The molecule has 0 heterocycles. The van der Waals surface area contributed by atoms with Crippen molar-refractivity contribution in [3.05, 3.63) is 30.3 Å². The van der Waals surface area contributed by atoms with Gasteiger partial charge in [0.1, 0.15) is 0 Å². The van der Waals surface area contributed by atoms with Crippen LogP contribution >= 0.6 is 0 Å². The molecule has 0 N–H and O–H groups in total. The van der Waals surface area contributed by atoms with E-state index in [1.54, 1.807) is 0 Å². The van der Waals surface area contributed by atoms with Crippen molar-refractivity contribution in [1.82, 2.24) is 0 Å². The number of benzene rings is 1. The van der Waals surface area contributed by atoms with Gasteiger partial charge in [-0.1, -0.05) is 0 Å².